The van der Waals surface area contributed by atoms with E-state index in [-0.39, 0.29) is 31.5 Å². The molecule has 0 bridgehead atoms. The summed E-state index contributed by atoms with van der Waals surface area (Å²) in [5, 5.41) is 3.04. The summed E-state index contributed by atoms with van der Waals surface area (Å²) in [6.07, 6.45) is 54.1. The quantitative estimate of drug-likeness (QED) is 0.0205. The maximum atomic E-state index is 13.4. The van der Waals surface area contributed by atoms with Crippen LogP contribution in [0.15, 0.2) is 36.5 Å². The zero-order chi connectivity index (χ0) is 48.7. The Morgan fingerprint density at radius 3 is 1.39 bits per heavy atom. The molecule has 2 N–H and O–H groups in total. The van der Waals surface area contributed by atoms with Crippen molar-refractivity contribution in [2.45, 2.75) is 270 Å². The summed E-state index contributed by atoms with van der Waals surface area (Å²) in [5.74, 6) is -0.508. The predicted octanol–water partition coefficient (Wildman–Crippen LogP) is 16.4. The molecule has 3 unspecified atom stereocenters. The van der Waals surface area contributed by atoms with Gasteiger partial charge in [-0.2, -0.15) is 0 Å². The molecule has 0 saturated carbocycles. The normalized spacial score (nSPS) is 14.1. The number of esters is 1. The molecule has 0 aromatic heterocycles. The first kappa shape index (κ1) is 64.2. The van der Waals surface area contributed by atoms with Crippen LogP contribution in [0.5, 0.6) is 0 Å². The molecular formula is C56H108N2O7P+. The van der Waals surface area contributed by atoms with Crippen molar-refractivity contribution in [3.8, 4) is 0 Å². The number of nitrogens with zero attached hydrogens (tertiary/aromatic N) is 1. The largest absolute Gasteiger partial charge is 0.472 e. The van der Waals surface area contributed by atoms with Crippen molar-refractivity contribution in [2.75, 3.05) is 40.9 Å². The summed E-state index contributed by atoms with van der Waals surface area (Å²) in [7, 11) is 1.50. The fraction of sp³-hybridized carbons (Fsp3) is 0.857. The van der Waals surface area contributed by atoms with E-state index in [4.69, 9.17) is 13.8 Å². The monoisotopic (exact) mass is 952 g/mol. The van der Waals surface area contributed by atoms with Crippen LogP contribution in [0.4, 0.5) is 0 Å². The number of phosphoric acid groups is 1. The first-order valence-electron chi connectivity index (χ1n) is 27.8. The van der Waals surface area contributed by atoms with Crippen LogP contribution < -0.4 is 5.32 Å². The molecule has 0 saturated heterocycles. The van der Waals surface area contributed by atoms with E-state index in [1.54, 1.807) is 0 Å². The van der Waals surface area contributed by atoms with Crippen LogP contribution in [-0.4, -0.2) is 74.3 Å². The number of unbranched alkanes of at least 4 members (excludes halogenated alkanes) is 30. The van der Waals surface area contributed by atoms with Crippen molar-refractivity contribution in [1.29, 1.82) is 0 Å². The molecule has 0 heterocycles. The Balaban J connectivity index is 5.35. The molecule has 0 aliphatic heterocycles. The number of allylic oxidation sites excluding steroid dienone is 5. The highest BCUT2D eigenvalue weighted by molar-refractivity contribution is 7.47. The lowest BCUT2D eigenvalue weighted by Gasteiger charge is -2.27. The third kappa shape index (κ3) is 47.3. The summed E-state index contributed by atoms with van der Waals surface area (Å²) in [4.78, 5) is 37.5. The molecule has 0 aliphatic carbocycles. The molecule has 0 radical (unpaired) electrons. The zero-order valence-electron chi connectivity index (χ0n) is 44.2. The van der Waals surface area contributed by atoms with E-state index in [9.17, 15) is 19.0 Å². The molecule has 388 valence electrons. The first-order valence-corrected chi connectivity index (χ1v) is 29.3. The number of phosphoric ester groups is 1. The molecule has 0 spiro atoms. The standard InChI is InChI=1S/C56H107N2O7P/c1-7-10-13-16-19-22-25-27-28-29-30-31-34-37-40-43-46-49-56(60)65-54(47-44-41-38-35-33-26-23-20-17-14-11-8-2)53(52-64-66(61,62)63-51-50-58(4,5)6)57-55(59)48-45-42-39-36-32-24-21-18-15-12-9-3/h19,22,27-28,44,47,53-54H,7-18,20-21,23-26,29-43,45-46,48-52H2,1-6H3,(H-,57,59,61,62)/p+1/b22-19-,28-27-,47-44+. The topological polar surface area (TPSA) is 111 Å². The maximum Gasteiger partial charge on any atom is 0.472 e. The predicted molar refractivity (Wildman–Crippen MR) is 282 cm³/mol. The van der Waals surface area contributed by atoms with Gasteiger partial charge in [0.2, 0.25) is 5.91 Å². The van der Waals surface area contributed by atoms with E-state index >= 15 is 0 Å². The molecule has 0 aromatic carbocycles. The Morgan fingerprint density at radius 1 is 0.530 bits per heavy atom. The van der Waals surface area contributed by atoms with Crippen LogP contribution >= 0.6 is 7.82 Å². The molecule has 66 heavy (non-hydrogen) atoms. The van der Waals surface area contributed by atoms with Crippen LogP contribution in [0, 0.1) is 0 Å². The Kier molecular flexibility index (Phi) is 45.7. The summed E-state index contributed by atoms with van der Waals surface area (Å²) >= 11 is 0. The summed E-state index contributed by atoms with van der Waals surface area (Å²) in [6.45, 7) is 6.98. The molecule has 1 amide bonds. The smallest absolute Gasteiger partial charge is 0.456 e. The van der Waals surface area contributed by atoms with Gasteiger partial charge in [-0.15, -0.1) is 0 Å². The second kappa shape index (κ2) is 46.9. The van der Waals surface area contributed by atoms with Crippen molar-refractivity contribution in [3.63, 3.8) is 0 Å². The third-order valence-electron chi connectivity index (χ3n) is 12.3. The number of hydrogen-bond donors (Lipinski definition) is 2. The number of rotatable bonds is 50. The zero-order valence-corrected chi connectivity index (χ0v) is 45.1. The van der Waals surface area contributed by atoms with Gasteiger partial charge in [0.1, 0.15) is 19.3 Å². The fourth-order valence-corrected chi connectivity index (χ4v) is 8.71. The first-order chi connectivity index (χ1) is 31.9. The average molecular weight is 952 g/mol. The number of amides is 1. The van der Waals surface area contributed by atoms with Gasteiger partial charge in [-0.05, 0) is 63.9 Å². The maximum absolute atomic E-state index is 13.4. The number of hydrogen-bond acceptors (Lipinski definition) is 6. The van der Waals surface area contributed by atoms with Gasteiger partial charge in [0.05, 0.1) is 33.8 Å². The minimum absolute atomic E-state index is 0.0407. The number of carbonyl (C=O) groups is 2. The van der Waals surface area contributed by atoms with Gasteiger partial charge >= 0.3 is 13.8 Å². The molecule has 0 aromatic rings. The van der Waals surface area contributed by atoms with E-state index in [2.05, 4.69) is 50.4 Å². The molecule has 9 nitrogen and oxygen atoms in total. The Morgan fingerprint density at radius 2 is 0.924 bits per heavy atom. The number of carbonyl (C=O) groups excluding carboxylic acids is 2. The summed E-state index contributed by atoms with van der Waals surface area (Å²) in [6, 6.07) is -0.845. The molecule has 0 aliphatic rings. The molecule has 0 rings (SSSR count). The van der Waals surface area contributed by atoms with Crippen molar-refractivity contribution in [3.05, 3.63) is 36.5 Å². The van der Waals surface area contributed by atoms with E-state index in [1.807, 2.05) is 33.3 Å². The fourth-order valence-electron chi connectivity index (χ4n) is 7.97. The lowest BCUT2D eigenvalue weighted by molar-refractivity contribution is -0.870. The highest BCUT2D eigenvalue weighted by Gasteiger charge is 2.30. The molecule has 10 heteroatoms. The molecular weight excluding hydrogens is 844 g/mol. The molecule has 0 fully saturated rings. The number of likely N-dealkylation sites (N-methyl/N-ethyl adjacent to an activating group) is 1. The highest BCUT2D eigenvalue weighted by Crippen LogP contribution is 2.43. The minimum atomic E-state index is -4.44. The lowest BCUT2D eigenvalue weighted by atomic mass is 10.0. The van der Waals surface area contributed by atoms with Crippen molar-refractivity contribution < 1.29 is 37.3 Å². The minimum Gasteiger partial charge on any atom is -0.456 e. The van der Waals surface area contributed by atoms with Gasteiger partial charge in [-0.1, -0.05) is 218 Å². The van der Waals surface area contributed by atoms with Crippen molar-refractivity contribution in [1.82, 2.24) is 5.32 Å². The van der Waals surface area contributed by atoms with Crippen LogP contribution in [0.3, 0.4) is 0 Å². The number of quaternary nitrogens is 1. The Hall–Kier alpha value is -1.77. The average Bonchev–Trinajstić information content (AvgIpc) is 3.27. The Bertz CT molecular complexity index is 1230. The highest BCUT2D eigenvalue weighted by atomic mass is 31.2. The van der Waals surface area contributed by atoms with Crippen LogP contribution in [0.1, 0.15) is 258 Å². The van der Waals surface area contributed by atoms with Crippen LogP contribution in [-0.2, 0) is 27.9 Å². The second-order valence-corrected chi connectivity index (χ2v) is 21.6. The Labute approximate surface area is 408 Å². The van der Waals surface area contributed by atoms with E-state index in [1.165, 1.54) is 148 Å². The van der Waals surface area contributed by atoms with Gasteiger partial charge in [-0.3, -0.25) is 18.6 Å². The molecule has 3 atom stereocenters. The van der Waals surface area contributed by atoms with E-state index in [0.29, 0.717) is 17.4 Å². The lowest BCUT2D eigenvalue weighted by Crippen LogP contribution is -2.47. The second-order valence-electron chi connectivity index (χ2n) is 20.1. The summed E-state index contributed by atoms with van der Waals surface area (Å²) < 4.78 is 30.5. The number of nitrogens with one attached hydrogen (secondary N) is 1. The van der Waals surface area contributed by atoms with Gasteiger partial charge in [0, 0.05) is 12.8 Å². The van der Waals surface area contributed by atoms with Crippen molar-refractivity contribution in [2.24, 2.45) is 0 Å². The van der Waals surface area contributed by atoms with E-state index in [0.717, 1.165) is 77.0 Å². The number of ether oxygens (including phenoxy) is 1. The third-order valence-corrected chi connectivity index (χ3v) is 13.3. The van der Waals surface area contributed by atoms with Gasteiger partial charge in [0.25, 0.3) is 0 Å². The van der Waals surface area contributed by atoms with Crippen LogP contribution in [0.25, 0.3) is 0 Å². The van der Waals surface area contributed by atoms with Crippen LogP contribution in [0.2, 0.25) is 0 Å². The van der Waals surface area contributed by atoms with Crippen molar-refractivity contribution >= 4 is 19.7 Å². The van der Waals surface area contributed by atoms with E-state index < -0.39 is 20.0 Å². The SMILES string of the molecule is CCCCC/C=C\C/C=C\CCCCCCCCCC(=O)OC(/C=C/CCCCCCCCCCCC)C(COP(=O)(O)OCC[N+](C)(C)C)NC(=O)CCCCCCCCCCCCC. The van der Waals surface area contributed by atoms with Gasteiger partial charge in [-0.25, -0.2) is 4.57 Å². The van der Waals surface area contributed by atoms with Gasteiger partial charge in [0.15, 0.2) is 0 Å². The summed E-state index contributed by atoms with van der Waals surface area (Å²) in [5.41, 5.74) is 0. The van der Waals surface area contributed by atoms with Gasteiger partial charge < -0.3 is 19.4 Å².